The van der Waals surface area contributed by atoms with Crippen LogP contribution in [0.1, 0.15) is 32.8 Å². The normalized spacial score (nSPS) is 13.4. The Morgan fingerprint density at radius 1 is 1.28 bits per heavy atom. The summed E-state index contributed by atoms with van der Waals surface area (Å²) in [4.78, 5) is 36.3. The van der Waals surface area contributed by atoms with E-state index >= 15 is 0 Å². The van der Waals surface area contributed by atoms with Crippen LogP contribution < -0.4 is 5.32 Å². The molecule has 0 atom stereocenters. The minimum Gasteiger partial charge on any atom is -0.454 e. The molecule has 0 bridgehead atoms. The highest BCUT2D eigenvalue weighted by molar-refractivity contribution is 7.11. The smallest absolute Gasteiger partial charge is 0.331 e. The van der Waals surface area contributed by atoms with Gasteiger partial charge in [0.25, 0.3) is 0 Å². The largest absolute Gasteiger partial charge is 0.454 e. The van der Waals surface area contributed by atoms with E-state index in [4.69, 9.17) is 4.74 Å². The van der Waals surface area contributed by atoms with Gasteiger partial charge in [-0.1, -0.05) is 0 Å². The van der Waals surface area contributed by atoms with Crippen molar-refractivity contribution < 1.29 is 19.1 Å². The standard InChI is InChI=1S/C19H17NO4S/c1-12-8-9-25-17(12)5-7-19(23)24-11-16(21)14-2-4-15-13(10-14)3-6-18(22)20-15/h2,4-5,7-10H,3,6,11H2,1H3,(H,20,22)/b7-5+. The highest BCUT2D eigenvalue weighted by Gasteiger charge is 2.17. The average Bonchev–Trinajstić information content (AvgIpc) is 3.02. The lowest BCUT2D eigenvalue weighted by molar-refractivity contribution is -0.136. The van der Waals surface area contributed by atoms with Gasteiger partial charge in [0.15, 0.2) is 12.4 Å². The second-order valence-electron chi connectivity index (χ2n) is 5.75. The first-order chi connectivity index (χ1) is 12.0. The van der Waals surface area contributed by atoms with Crippen molar-refractivity contribution in [2.24, 2.45) is 0 Å². The van der Waals surface area contributed by atoms with Gasteiger partial charge in [0, 0.05) is 28.6 Å². The molecule has 1 aliphatic heterocycles. The number of nitrogens with one attached hydrogen (secondary N) is 1. The molecular formula is C19H17NO4S. The molecule has 25 heavy (non-hydrogen) atoms. The zero-order valence-electron chi connectivity index (χ0n) is 13.7. The lowest BCUT2D eigenvalue weighted by Gasteiger charge is -2.17. The summed E-state index contributed by atoms with van der Waals surface area (Å²) in [6, 6.07) is 7.06. The van der Waals surface area contributed by atoms with E-state index in [-0.39, 0.29) is 18.3 Å². The van der Waals surface area contributed by atoms with Crippen molar-refractivity contribution in [3.63, 3.8) is 0 Å². The summed E-state index contributed by atoms with van der Waals surface area (Å²) < 4.78 is 5.02. The fourth-order valence-electron chi connectivity index (χ4n) is 2.52. The van der Waals surface area contributed by atoms with Crippen LogP contribution in [0.2, 0.25) is 0 Å². The van der Waals surface area contributed by atoms with Crippen LogP contribution in [0.5, 0.6) is 0 Å². The maximum Gasteiger partial charge on any atom is 0.331 e. The van der Waals surface area contributed by atoms with Gasteiger partial charge in [-0.3, -0.25) is 9.59 Å². The number of hydrogen-bond acceptors (Lipinski definition) is 5. The van der Waals surface area contributed by atoms with Crippen molar-refractivity contribution in [1.29, 1.82) is 0 Å². The van der Waals surface area contributed by atoms with Crippen LogP contribution in [0.4, 0.5) is 5.69 Å². The molecule has 128 valence electrons. The summed E-state index contributed by atoms with van der Waals surface area (Å²) >= 11 is 1.53. The van der Waals surface area contributed by atoms with Gasteiger partial charge in [0.2, 0.25) is 5.91 Å². The number of hydrogen-bond donors (Lipinski definition) is 1. The number of carbonyl (C=O) groups is 3. The second-order valence-corrected chi connectivity index (χ2v) is 6.70. The van der Waals surface area contributed by atoms with E-state index < -0.39 is 5.97 Å². The number of ketones is 1. The minimum atomic E-state index is -0.550. The first-order valence-corrected chi connectivity index (χ1v) is 8.76. The van der Waals surface area contributed by atoms with E-state index in [2.05, 4.69) is 5.32 Å². The molecule has 2 aromatic rings. The Morgan fingerprint density at radius 3 is 2.88 bits per heavy atom. The third-order valence-corrected chi connectivity index (χ3v) is 4.92. The van der Waals surface area contributed by atoms with E-state index in [1.807, 2.05) is 18.4 Å². The number of fused-ring (bicyclic) bond motifs is 1. The number of carbonyl (C=O) groups excluding carboxylic acids is 3. The number of thiophene rings is 1. The van der Waals surface area contributed by atoms with Crippen LogP contribution in [-0.4, -0.2) is 24.3 Å². The number of ether oxygens (including phenoxy) is 1. The molecule has 0 saturated carbocycles. The Labute approximate surface area is 149 Å². The SMILES string of the molecule is Cc1ccsc1/C=C/C(=O)OCC(=O)c1ccc2c(c1)CCC(=O)N2. The van der Waals surface area contributed by atoms with Gasteiger partial charge in [-0.05, 0) is 60.2 Å². The molecule has 0 saturated heterocycles. The Bertz CT molecular complexity index is 866. The summed E-state index contributed by atoms with van der Waals surface area (Å²) in [5.41, 5.74) is 3.22. The minimum absolute atomic E-state index is 0.0201. The maximum atomic E-state index is 12.2. The average molecular weight is 355 g/mol. The molecule has 1 amide bonds. The zero-order valence-corrected chi connectivity index (χ0v) is 14.5. The van der Waals surface area contributed by atoms with Gasteiger partial charge < -0.3 is 10.1 Å². The molecule has 1 aliphatic rings. The molecular weight excluding hydrogens is 338 g/mol. The second kappa shape index (κ2) is 7.44. The highest BCUT2D eigenvalue weighted by Crippen LogP contribution is 2.23. The monoisotopic (exact) mass is 355 g/mol. The van der Waals surface area contributed by atoms with Gasteiger partial charge in [0.05, 0.1) is 0 Å². The summed E-state index contributed by atoms with van der Waals surface area (Å²) in [7, 11) is 0. The number of anilines is 1. The van der Waals surface area contributed by atoms with Crippen molar-refractivity contribution in [2.75, 3.05) is 11.9 Å². The topological polar surface area (TPSA) is 72.5 Å². The van der Waals surface area contributed by atoms with Crippen LogP contribution in [0.25, 0.3) is 6.08 Å². The summed E-state index contributed by atoms with van der Waals surface area (Å²) in [6.45, 7) is 1.65. The highest BCUT2D eigenvalue weighted by atomic mass is 32.1. The summed E-state index contributed by atoms with van der Waals surface area (Å²) in [5, 5.41) is 4.71. The van der Waals surface area contributed by atoms with Crippen molar-refractivity contribution >= 4 is 40.8 Å². The molecule has 0 spiro atoms. The van der Waals surface area contributed by atoms with E-state index in [9.17, 15) is 14.4 Å². The first-order valence-electron chi connectivity index (χ1n) is 7.88. The Kier molecular flexibility index (Phi) is 5.09. The van der Waals surface area contributed by atoms with Crippen LogP contribution in [0, 0.1) is 6.92 Å². The van der Waals surface area contributed by atoms with Gasteiger partial charge in [-0.15, -0.1) is 11.3 Å². The number of Topliss-reactive ketones (excluding diaryl/α,β-unsaturated/α-hetero) is 1. The number of rotatable bonds is 5. The third-order valence-electron chi connectivity index (χ3n) is 3.94. The first kappa shape index (κ1) is 17.1. The molecule has 6 heteroatoms. The Hall–Kier alpha value is -2.73. The molecule has 1 N–H and O–H groups in total. The van der Waals surface area contributed by atoms with Crippen molar-refractivity contribution in [2.45, 2.75) is 19.8 Å². The lowest BCUT2D eigenvalue weighted by Crippen LogP contribution is -2.20. The van der Waals surface area contributed by atoms with Gasteiger partial charge >= 0.3 is 5.97 Å². The molecule has 2 heterocycles. The number of amides is 1. The Morgan fingerprint density at radius 2 is 2.12 bits per heavy atom. The number of benzene rings is 1. The molecule has 0 fully saturated rings. The molecule has 0 aliphatic carbocycles. The van der Waals surface area contributed by atoms with Crippen LogP contribution in [-0.2, 0) is 20.7 Å². The number of aryl methyl sites for hydroxylation is 2. The molecule has 5 nitrogen and oxygen atoms in total. The van der Waals surface area contributed by atoms with E-state index in [1.165, 1.54) is 17.4 Å². The molecule has 3 rings (SSSR count). The van der Waals surface area contributed by atoms with Crippen molar-refractivity contribution in [3.05, 3.63) is 57.3 Å². The van der Waals surface area contributed by atoms with Gasteiger partial charge in [-0.2, -0.15) is 0 Å². The Balaban J connectivity index is 1.57. The third kappa shape index (κ3) is 4.22. The molecule has 0 unspecified atom stereocenters. The van der Waals surface area contributed by atoms with Crippen LogP contribution >= 0.6 is 11.3 Å². The fourth-order valence-corrected chi connectivity index (χ4v) is 3.34. The number of esters is 1. The molecule has 1 aromatic heterocycles. The van der Waals surface area contributed by atoms with Crippen LogP contribution in [0.3, 0.4) is 0 Å². The van der Waals surface area contributed by atoms with E-state index in [0.29, 0.717) is 18.4 Å². The predicted molar refractivity (Wildman–Crippen MR) is 96.8 cm³/mol. The van der Waals surface area contributed by atoms with Gasteiger partial charge in [-0.25, -0.2) is 4.79 Å². The zero-order chi connectivity index (χ0) is 17.8. The van der Waals surface area contributed by atoms with E-state index in [1.54, 1.807) is 24.3 Å². The summed E-state index contributed by atoms with van der Waals surface area (Å²) in [6.07, 6.45) is 4.03. The quantitative estimate of drug-likeness (QED) is 0.507. The predicted octanol–water partition coefficient (Wildman–Crippen LogP) is 3.38. The van der Waals surface area contributed by atoms with Crippen LogP contribution in [0.15, 0.2) is 35.7 Å². The fraction of sp³-hybridized carbons (Fsp3) is 0.211. The van der Waals surface area contributed by atoms with Gasteiger partial charge in [0.1, 0.15) is 0 Å². The molecule has 1 aromatic carbocycles. The summed E-state index contributed by atoms with van der Waals surface area (Å²) in [5.74, 6) is -0.839. The van der Waals surface area contributed by atoms with Crippen molar-refractivity contribution in [3.8, 4) is 0 Å². The molecule has 0 radical (unpaired) electrons. The van der Waals surface area contributed by atoms with E-state index in [0.717, 1.165) is 21.7 Å². The lowest BCUT2D eigenvalue weighted by atomic mass is 9.99. The van der Waals surface area contributed by atoms with Crippen molar-refractivity contribution in [1.82, 2.24) is 0 Å². The maximum absolute atomic E-state index is 12.2.